The van der Waals surface area contributed by atoms with Gasteiger partial charge in [-0.25, -0.2) is 0 Å². The fourth-order valence-corrected chi connectivity index (χ4v) is 3.92. The lowest BCUT2D eigenvalue weighted by molar-refractivity contribution is 0.0950. The van der Waals surface area contributed by atoms with Gasteiger partial charge in [0.25, 0.3) is 5.91 Å². The van der Waals surface area contributed by atoms with Crippen molar-refractivity contribution in [2.45, 2.75) is 45.3 Å². The fraction of sp³-hybridized carbons (Fsp3) is 0.375. The Bertz CT molecular complexity index is 1130. The van der Waals surface area contributed by atoms with Gasteiger partial charge in [-0.05, 0) is 55.8 Å². The second-order valence-electron chi connectivity index (χ2n) is 8.04. The summed E-state index contributed by atoms with van der Waals surface area (Å²) in [6.45, 7) is 4.04. The van der Waals surface area contributed by atoms with E-state index in [9.17, 15) is 9.90 Å². The Hall–Kier alpha value is -3.59. The van der Waals surface area contributed by atoms with Gasteiger partial charge in [-0.15, -0.1) is 10.2 Å². The maximum atomic E-state index is 12.6. The van der Waals surface area contributed by atoms with Crippen LogP contribution in [0.4, 0.5) is 5.69 Å². The number of pyridine rings is 1. The molecular weight excluding hydrogens is 418 g/mol. The van der Waals surface area contributed by atoms with Crippen molar-refractivity contribution < 1.29 is 9.90 Å². The molecule has 2 aromatic heterocycles. The average molecular weight is 448 g/mol. The highest BCUT2D eigenvalue weighted by atomic mass is 16.3. The van der Waals surface area contributed by atoms with Crippen LogP contribution in [0, 0.1) is 6.92 Å². The monoisotopic (exact) mass is 447 g/mol. The van der Waals surface area contributed by atoms with E-state index in [2.05, 4.69) is 30.8 Å². The van der Waals surface area contributed by atoms with Crippen molar-refractivity contribution >= 4 is 17.8 Å². The van der Waals surface area contributed by atoms with Crippen LogP contribution >= 0.6 is 0 Å². The Labute approximate surface area is 193 Å². The third kappa shape index (κ3) is 5.61. The van der Waals surface area contributed by atoms with Gasteiger partial charge in [0.1, 0.15) is 5.82 Å². The molecule has 0 fully saturated rings. The normalized spacial score (nSPS) is 15.4. The zero-order valence-corrected chi connectivity index (χ0v) is 18.7. The molecule has 0 spiro atoms. The maximum Gasteiger partial charge on any atom is 0.251 e. The molecule has 3 heterocycles. The van der Waals surface area contributed by atoms with Gasteiger partial charge in [0.05, 0.1) is 25.4 Å². The Morgan fingerprint density at radius 1 is 1.21 bits per heavy atom. The molecule has 9 heteroatoms. The third-order valence-corrected chi connectivity index (χ3v) is 5.78. The summed E-state index contributed by atoms with van der Waals surface area (Å²) in [5, 5.41) is 24.6. The quantitative estimate of drug-likeness (QED) is 0.464. The van der Waals surface area contributed by atoms with Crippen LogP contribution in [-0.2, 0) is 19.6 Å². The SMILES string of the molecule is Cc1cccnc1CNC(=O)c1cccc(NCc2nnc(C3CC=NCC3)n2CCO)c1. The van der Waals surface area contributed by atoms with Crippen LogP contribution in [0.5, 0.6) is 0 Å². The number of anilines is 1. The van der Waals surface area contributed by atoms with Crippen molar-refractivity contribution in [1.29, 1.82) is 0 Å². The van der Waals surface area contributed by atoms with Crippen LogP contribution < -0.4 is 10.6 Å². The Kier molecular flexibility index (Phi) is 7.41. The van der Waals surface area contributed by atoms with Gasteiger partial charge >= 0.3 is 0 Å². The summed E-state index contributed by atoms with van der Waals surface area (Å²) in [4.78, 5) is 21.2. The van der Waals surface area contributed by atoms with Crippen molar-refractivity contribution in [3.63, 3.8) is 0 Å². The minimum absolute atomic E-state index is 0.0181. The molecule has 4 rings (SSSR count). The molecule has 0 saturated carbocycles. The number of hydrogen-bond donors (Lipinski definition) is 3. The largest absolute Gasteiger partial charge is 0.395 e. The topological polar surface area (TPSA) is 117 Å². The maximum absolute atomic E-state index is 12.6. The standard InChI is InChI=1S/C24H29N7O2/c1-17-4-3-9-26-21(17)15-28-24(33)19-5-2-6-20(14-19)27-16-22-29-30-23(31(22)12-13-32)18-7-10-25-11-8-18/h2-6,9-10,14,18,27,32H,7-8,11-13,15-16H2,1H3,(H,28,33). The van der Waals surface area contributed by atoms with Gasteiger partial charge in [-0.2, -0.15) is 0 Å². The molecule has 1 aromatic carbocycles. The smallest absolute Gasteiger partial charge is 0.251 e. The van der Waals surface area contributed by atoms with Crippen molar-refractivity contribution in [3.05, 3.63) is 71.1 Å². The van der Waals surface area contributed by atoms with Gasteiger partial charge in [0, 0.05) is 36.5 Å². The van der Waals surface area contributed by atoms with Gasteiger partial charge in [0.2, 0.25) is 0 Å². The number of aliphatic hydroxyl groups excluding tert-OH is 1. The summed E-state index contributed by atoms with van der Waals surface area (Å²) in [5.41, 5.74) is 3.26. The second kappa shape index (κ2) is 10.8. The first kappa shape index (κ1) is 22.6. The number of aliphatic hydroxyl groups is 1. The Balaban J connectivity index is 1.40. The molecular formula is C24H29N7O2. The average Bonchev–Trinajstić information content (AvgIpc) is 3.25. The molecule has 1 aliphatic heterocycles. The van der Waals surface area contributed by atoms with E-state index in [-0.39, 0.29) is 18.4 Å². The molecule has 0 saturated heterocycles. The number of aryl methyl sites for hydroxylation is 1. The van der Waals surface area contributed by atoms with Crippen molar-refractivity contribution in [1.82, 2.24) is 25.1 Å². The van der Waals surface area contributed by atoms with Crippen LogP contribution in [0.15, 0.2) is 47.6 Å². The molecule has 1 unspecified atom stereocenters. The molecule has 0 bridgehead atoms. The molecule has 33 heavy (non-hydrogen) atoms. The number of carbonyl (C=O) groups excluding carboxylic acids is 1. The van der Waals surface area contributed by atoms with E-state index < -0.39 is 0 Å². The Morgan fingerprint density at radius 3 is 2.91 bits per heavy atom. The number of carbonyl (C=O) groups is 1. The minimum Gasteiger partial charge on any atom is -0.395 e. The molecule has 172 valence electrons. The number of aromatic nitrogens is 4. The molecule has 0 aliphatic carbocycles. The first-order valence-corrected chi connectivity index (χ1v) is 11.2. The molecule has 1 atom stereocenters. The summed E-state index contributed by atoms with van der Waals surface area (Å²) < 4.78 is 1.99. The summed E-state index contributed by atoms with van der Waals surface area (Å²) >= 11 is 0. The van der Waals surface area contributed by atoms with Crippen LogP contribution in [-0.4, -0.2) is 50.1 Å². The van der Waals surface area contributed by atoms with Crippen LogP contribution in [0.25, 0.3) is 0 Å². The highest BCUT2D eigenvalue weighted by molar-refractivity contribution is 5.95. The number of hydrogen-bond acceptors (Lipinski definition) is 7. The van der Waals surface area contributed by atoms with E-state index in [1.807, 2.05) is 48.0 Å². The molecule has 1 amide bonds. The van der Waals surface area contributed by atoms with Gasteiger partial charge in [-0.1, -0.05) is 12.1 Å². The lowest BCUT2D eigenvalue weighted by atomic mass is 9.99. The van der Waals surface area contributed by atoms with E-state index >= 15 is 0 Å². The molecule has 9 nitrogen and oxygen atoms in total. The second-order valence-corrected chi connectivity index (χ2v) is 8.04. The van der Waals surface area contributed by atoms with E-state index in [1.165, 1.54) is 0 Å². The molecule has 1 aliphatic rings. The molecule has 3 aromatic rings. The highest BCUT2D eigenvalue weighted by Gasteiger charge is 2.21. The third-order valence-electron chi connectivity index (χ3n) is 5.78. The fourth-order valence-electron chi connectivity index (χ4n) is 3.92. The number of nitrogens with zero attached hydrogens (tertiary/aromatic N) is 5. The number of aliphatic imine (C=N–C) groups is 1. The summed E-state index contributed by atoms with van der Waals surface area (Å²) in [6.07, 6.45) is 5.44. The van der Waals surface area contributed by atoms with Crippen molar-refractivity contribution in [2.24, 2.45) is 4.99 Å². The van der Waals surface area contributed by atoms with Gasteiger partial charge in [0.15, 0.2) is 5.82 Å². The van der Waals surface area contributed by atoms with Crippen molar-refractivity contribution in [2.75, 3.05) is 18.5 Å². The number of nitrogens with one attached hydrogen (secondary N) is 2. The van der Waals surface area contributed by atoms with Crippen molar-refractivity contribution in [3.8, 4) is 0 Å². The van der Waals surface area contributed by atoms with E-state index in [4.69, 9.17) is 0 Å². The summed E-state index contributed by atoms with van der Waals surface area (Å²) in [6, 6.07) is 11.2. The zero-order chi connectivity index (χ0) is 23.0. The van der Waals surface area contributed by atoms with E-state index in [0.29, 0.717) is 25.2 Å². The van der Waals surface area contributed by atoms with E-state index in [0.717, 1.165) is 48.0 Å². The molecule has 0 radical (unpaired) electrons. The predicted molar refractivity (Wildman–Crippen MR) is 126 cm³/mol. The van der Waals surface area contributed by atoms with Crippen LogP contribution in [0.1, 0.15) is 52.0 Å². The zero-order valence-electron chi connectivity index (χ0n) is 18.7. The first-order valence-electron chi connectivity index (χ1n) is 11.2. The van der Waals surface area contributed by atoms with Gasteiger partial charge < -0.3 is 20.3 Å². The first-order chi connectivity index (χ1) is 16.2. The molecule has 3 N–H and O–H groups in total. The number of amides is 1. The van der Waals surface area contributed by atoms with Gasteiger partial charge in [-0.3, -0.25) is 14.8 Å². The lowest BCUT2D eigenvalue weighted by Crippen LogP contribution is -2.23. The van der Waals surface area contributed by atoms with Crippen LogP contribution in [0.2, 0.25) is 0 Å². The van der Waals surface area contributed by atoms with E-state index in [1.54, 1.807) is 12.3 Å². The number of rotatable bonds is 9. The number of benzene rings is 1. The minimum atomic E-state index is -0.159. The highest BCUT2D eigenvalue weighted by Crippen LogP contribution is 2.24. The lowest BCUT2D eigenvalue weighted by Gasteiger charge is -2.18. The predicted octanol–water partition coefficient (Wildman–Crippen LogP) is 2.46. The summed E-state index contributed by atoms with van der Waals surface area (Å²) in [5.74, 6) is 1.76. The summed E-state index contributed by atoms with van der Waals surface area (Å²) in [7, 11) is 0. The van der Waals surface area contributed by atoms with Crippen LogP contribution in [0.3, 0.4) is 0 Å². The Morgan fingerprint density at radius 2 is 2.12 bits per heavy atom.